The molecule has 0 atom stereocenters. The van der Waals surface area contributed by atoms with Gasteiger partial charge < -0.3 is 19.5 Å². The number of carbonyl (C=O) groups excluding carboxylic acids is 3. The number of carbonyl (C=O) groups is 3. The van der Waals surface area contributed by atoms with Gasteiger partial charge >= 0.3 is 5.97 Å². The second kappa shape index (κ2) is 12.3. The van der Waals surface area contributed by atoms with Crippen LogP contribution in [0.5, 0.6) is 11.5 Å². The van der Waals surface area contributed by atoms with E-state index < -0.39 is 5.97 Å². The summed E-state index contributed by atoms with van der Waals surface area (Å²) in [6, 6.07) is 11.7. The van der Waals surface area contributed by atoms with Crippen LogP contribution in [0.3, 0.4) is 0 Å². The number of hydrazone groups is 1. The van der Waals surface area contributed by atoms with Gasteiger partial charge in [0.2, 0.25) is 5.91 Å². The minimum absolute atomic E-state index is 0.0727. The van der Waals surface area contributed by atoms with E-state index in [1.54, 1.807) is 49.6 Å². The van der Waals surface area contributed by atoms with E-state index in [0.717, 1.165) is 0 Å². The predicted molar refractivity (Wildman–Crippen MR) is 117 cm³/mol. The Morgan fingerprint density at radius 2 is 1.84 bits per heavy atom. The third kappa shape index (κ3) is 8.09. The maximum absolute atomic E-state index is 12.0. The van der Waals surface area contributed by atoms with Crippen molar-refractivity contribution in [2.75, 3.05) is 27.4 Å². The number of benzene rings is 2. The molecular formula is C21H22BrN3O6. The number of hydrogen-bond acceptors (Lipinski definition) is 7. The molecular weight excluding hydrogens is 470 g/mol. The van der Waals surface area contributed by atoms with Gasteiger partial charge in [-0.25, -0.2) is 10.2 Å². The SMILES string of the molecule is COC(=O)COc1ccc(C=NNC(=O)CCNC(=O)c2ccc(OC)cc2)cc1Br. The van der Waals surface area contributed by atoms with Gasteiger partial charge in [-0.05, 0) is 64.0 Å². The highest BCUT2D eigenvalue weighted by molar-refractivity contribution is 9.10. The van der Waals surface area contributed by atoms with Gasteiger partial charge in [0.15, 0.2) is 6.61 Å². The number of amides is 2. The minimum atomic E-state index is -0.486. The van der Waals surface area contributed by atoms with Crippen LogP contribution in [0.25, 0.3) is 0 Å². The van der Waals surface area contributed by atoms with Crippen LogP contribution in [0.1, 0.15) is 22.3 Å². The van der Waals surface area contributed by atoms with Crippen LogP contribution < -0.4 is 20.2 Å². The van der Waals surface area contributed by atoms with Gasteiger partial charge in [-0.2, -0.15) is 5.10 Å². The lowest BCUT2D eigenvalue weighted by Crippen LogP contribution is -2.29. The molecule has 0 aromatic heterocycles. The van der Waals surface area contributed by atoms with E-state index in [0.29, 0.717) is 27.1 Å². The summed E-state index contributed by atoms with van der Waals surface area (Å²) >= 11 is 3.34. The number of halogens is 1. The lowest BCUT2D eigenvalue weighted by Gasteiger charge is -2.07. The normalized spacial score (nSPS) is 10.4. The third-order valence-corrected chi connectivity index (χ3v) is 4.54. The summed E-state index contributed by atoms with van der Waals surface area (Å²) in [6.45, 7) is -0.0302. The van der Waals surface area contributed by atoms with Gasteiger partial charge in [0.25, 0.3) is 5.91 Å². The van der Waals surface area contributed by atoms with Crippen molar-refractivity contribution in [3.05, 3.63) is 58.1 Å². The first kappa shape index (κ1) is 23.9. The fourth-order valence-corrected chi connectivity index (χ4v) is 2.79. The van der Waals surface area contributed by atoms with Gasteiger partial charge in [0.1, 0.15) is 11.5 Å². The molecule has 0 aliphatic carbocycles. The number of ether oxygens (including phenoxy) is 3. The molecule has 0 bridgehead atoms. The lowest BCUT2D eigenvalue weighted by molar-refractivity contribution is -0.142. The summed E-state index contributed by atoms with van der Waals surface area (Å²) in [4.78, 5) is 35.0. The number of methoxy groups -OCH3 is 2. The predicted octanol–water partition coefficient (Wildman–Crippen LogP) is 2.28. The van der Waals surface area contributed by atoms with E-state index in [2.05, 4.69) is 36.5 Å². The first-order valence-electron chi connectivity index (χ1n) is 9.16. The van der Waals surface area contributed by atoms with E-state index in [1.807, 2.05) is 0 Å². The highest BCUT2D eigenvalue weighted by Gasteiger charge is 2.08. The molecule has 2 rings (SSSR count). The number of nitrogens with one attached hydrogen (secondary N) is 2. The van der Waals surface area contributed by atoms with Crippen molar-refractivity contribution >= 4 is 39.9 Å². The Labute approximate surface area is 187 Å². The molecule has 164 valence electrons. The highest BCUT2D eigenvalue weighted by Crippen LogP contribution is 2.25. The van der Waals surface area contributed by atoms with E-state index in [-0.39, 0.29) is 31.4 Å². The van der Waals surface area contributed by atoms with Crippen LogP contribution in [0.15, 0.2) is 52.0 Å². The van der Waals surface area contributed by atoms with Crippen molar-refractivity contribution in [3.63, 3.8) is 0 Å². The molecule has 2 amide bonds. The Morgan fingerprint density at radius 3 is 2.48 bits per heavy atom. The van der Waals surface area contributed by atoms with Crippen molar-refractivity contribution in [1.82, 2.24) is 10.7 Å². The van der Waals surface area contributed by atoms with Gasteiger partial charge in [0, 0.05) is 18.5 Å². The second-order valence-electron chi connectivity index (χ2n) is 6.08. The third-order valence-electron chi connectivity index (χ3n) is 3.92. The van der Waals surface area contributed by atoms with Crippen LogP contribution in [0, 0.1) is 0 Å². The Hall–Kier alpha value is -3.40. The van der Waals surface area contributed by atoms with Crippen LogP contribution in [0.4, 0.5) is 0 Å². The summed E-state index contributed by atoms with van der Waals surface area (Å²) in [5, 5.41) is 6.56. The molecule has 0 heterocycles. The fraction of sp³-hybridized carbons (Fsp3) is 0.238. The van der Waals surface area contributed by atoms with Crippen molar-refractivity contribution in [2.45, 2.75) is 6.42 Å². The molecule has 0 radical (unpaired) electrons. The zero-order chi connectivity index (χ0) is 22.6. The molecule has 31 heavy (non-hydrogen) atoms. The Bertz CT molecular complexity index is 947. The Kier molecular flexibility index (Phi) is 9.50. The molecule has 0 aliphatic rings. The highest BCUT2D eigenvalue weighted by atomic mass is 79.9. The molecule has 0 unspecified atom stereocenters. The van der Waals surface area contributed by atoms with Crippen molar-refractivity contribution in [2.24, 2.45) is 5.10 Å². The summed E-state index contributed by atoms with van der Waals surface area (Å²) in [5.41, 5.74) is 3.57. The number of nitrogens with zero attached hydrogens (tertiary/aromatic N) is 1. The van der Waals surface area contributed by atoms with Crippen LogP contribution >= 0.6 is 15.9 Å². The maximum Gasteiger partial charge on any atom is 0.343 e. The molecule has 0 fully saturated rings. The molecule has 2 N–H and O–H groups in total. The number of rotatable bonds is 10. The van der Waals surface area contributed by atoms with Gasteiger partial charge in [-0.1, -0.05) is 0 Å². The smallest absolute Gasteiger partial charge is 0.343 e. The average Bonchev–Trinajstić information content (AvgIpc) is 2.78. The van der Waals surface area contributed by atoms with Gasteiger partial charge in [0.05, 0.1) is 24.9 Å². The van der Waals surface area contributed by atoms with Crippen molar-refractivity contribution in [3.8, 4) is 11.5 Å². The topological polar surface area (TPSA) is 115 Å². The van der Waals surface area contributed by atoms with Crippen LogP contribution in [0.2, 0.25) is 0 Å². The number of esters is 1. The first-order chi connectivity index (χ1) is 14.9. The van der Waals surface area contributed by atoms with E-state index in [4.69, 9.17) is 9.47 Å². The molecule has 10 heteroatoms. The fourth-order valence-electron chi connectivity index (χ4n) is 2.28. The summed E-state index contributed by atoms with van der Waals surface area (Å²) in [7, 11) is 2.83. The van der Waals surface area contributed by atoms with Crippen molar-refractivity contribution < 1.29 is 28.6 Å². The number of hydrogen-bond donors (Lipinski definition) is 2. The first-order valence-corrected chi connectivity index (χ1v) is 9.95. The molecule has 0 aliphatic heterocycles. The largest absolute Gasteiger partial charge is 0.497 e. The van der Waals surface area contributed by atoms with Crippen LogP contribution in [-0.2, 0) is 14.3 Å². The standard InChI is InChI=1S/C21H22BrN3O6/c1-29-16-6-4-15(5-7-16)21(28)23-10-9-19(26)25-24-12-14-3-8-18(17(22)11-14)31-13-20(27)30-2/h3-8,11-12H,9-10,13H2,1-2H3,(H,23,28)(H,25,26). The van der Waals surface area contributed by atoms with Crippen LogP contribution in [-0.4, -0.2) is 51.4 Å². The monoisotopic (exact) mass is 491 g/mol. The maximum atomic E-state index is 12.0. The van der Waals surface area contributed by atoms with Gasteiger partial charge in [-0.15, -0.1) is 0 Å². The van der Waals surface area contributed by atoms with Crippen molar-refractivity contribution in [1.29, 1.82) is 0 Å². The van der Waals surface area contributed by atoms with Gasteiger partial charge in [-0.3, -0.25) is 9.59 Å². The van der Waals surface area contributed by atoms with E-state index >= 15 is 0 Å². The molecule has 2 aromatic rings. The average molecular weight is 492 g/mol. The zero-order valence-corrected chi connectivity index (χ0v) is 18.6. The Morgan fingerprint density at radius 1 is 1.10 bits per heavy atom. The lowest BCUT2D eigenvalue weighted by atomic mass is 10.2. The summed E-state index contributed by atoms with van der Waals surface area (Å²) < 4.78 is 15.5. The molecule has 0 saturated heterocycles. The minimum Gasteiger partial charge on any atom is -0.497 e. The van der Waals surface area contributed by atoms with E-state index in [1.165, 1.54) is 13.3 Å². The molecule has 9 nitrogen and oxygen atoms in total. The molecule has 2 aromatic carbocycles. The molecule has 0 saturated carbocycles. The zero-order valence-electron chi connectivity index (χ0n) is 17.0. The summed E-state index contributed by atoms with van der Waals surface area (Å²) in [5.74, 6) is 0.0190. The summed E-state index contributed by atoms with van der Waals surface area (Å²) in [6.07, 6.45) is 1.53. The molecule has 0 spiro atoms. The second-order valence-corrected chi connectivity index (χ2v) is 6.94. The van der Waals surface area contributed by atoms with E-state index in [9.17, 15) is 14.4 Å². The Balaban J connectivity index is 1.74. The quantitative estimate of drug-likeness (QED) is 0.299.